The smallest absolute Gasteiger partial charge is 0.274 e. The molecule has 0 radical (unpaired) electrons. The van der Waals surface area contributed by atoms with E-state index in [1.54, 1.807) is 18.3 Å². The summed E-state index contributed by atoms with van der Waals surface area (Å²) in [4.78, 5) is 17.4. The van der Waals surface area contributed by atoms with Gasteiger partial charge >= 0.3 is 0 Å². The number of fused-ring (bicyclic) bond motifs is 1. The number of aryl methyl sites for hydroxylation is 2. The maximum Gasteiger partial charge on any atom is 0.274 e. The van der Waals surface area contributed by atoms with Crippen LogP contribution in [0.15, 0.2) is 16.9 Å². The van der Waals surface area contributed by atoms with E-state index < -0.39 is 0 Å². The summed E-state index contributed by atoms with van der Waals surface area (Å²) in [7, 11) is 0. The van der Waals surface area contributed by atoms with Crippen LogP contribution >= 0.6 is 22.9 Å². The Kier molecular flexibility index (Phi) is 3.33. The number of carbonyl (C=O) groups is 1. The van der Waals surface area contributed by atoms with Gasteiger partial charge in [-0.3, -0.25) is 4.79 Å². The Bertz CT molecular complexity index is 620. The van der Waals surface area contributed by atoms with E-state index in [0.717, 1.165) is 29.2 Å². The lowest BCUT2D eigenvalue weighted by atomic mass is 9.94. The van der Waals surface area contributed by atoms with E-state index in [0.29, 0.717) is 11.5 Å². The lowest BCUT2D eigenvalue weighted by Crippen LogP contribution is -2.31. The van der Waals surface area contributed by atoms with Gasteiger partial charge in [0.05, 0.1) is 10.4 Å². The molecule has 2 aromatic rings. The second-order valence-electron chi connectivity index (χ2n) is 4.60. The summed E-state index contributed by atoms with van der Waals surface area (Å²) in [6, 6.07) is 1.98. The summed E-state index contributed by atoms with van der Waals surface area (Å²) >= 11 is 7.66. The molecule has 6 heteroatoms. The molecule has 1 amide bonds. The normalized spacial score (nSPS) is 18.1. The minimum atomic E-state index is -0.188. The van der Waals surface area contributed by atoms with Crippen molar-refractivity contribution in [3.8, 4) is 0 Å². The first-order valence-electron chi connectivity index (χ1n) is 6.14. The number of aromatic nitrogens is 1. The van der Waals surface area contributed by atoms with Gasteiger partial charge in [-0.15, -0.1) is 11.3 Å². The molecule has 0 bridgehead atoms. The lowest BCUT2D eigenvalue weighted by Gasteiger charge is -2.23. The van der Waals surface area contributed by atoms with Gasteiger partial charge in [0.15, 0.2) is 12.1 Å². The molecular formula is C13H13ClN2O2S. The number of amides is 1. The molecule has 0 saturated heterocycles. The van der Waals surface area contributed by atoms with Gasteiger partial charge in [-0.25, -0.2) is 4.98 Å². The molecule has 19 heavy (non-hydrogen) atoms. The van der Waals surface area contributed by atoms with Gasteiger partial charge in [-0.2, -0.15) is 0 Å². The van der Waals surface area contributed by atoms with Crippen molar-refractivity contribution >= 4 is 28.8 Å². The fourth-order valence-electron chi connectivity index (χ4n) is 2.42. The van der Waals surface area contributed by atoms with Crippen LogP contribution in [-0.2, 0) is 6.42 Å². The molecule has 0 spiro atoms. The summed E-state index contributed by atoms with van der Waals surface area (Å²) in [5, 5.41) is 3.02. The Morgan fingerprint density at radius 3 is 3.21 bits per heavy atom. The molecule has 1 atom stereocenters. The molecule has 0 aliphatic heterocycles. The molecule has 0 saturated carbocycles. The van der Waals surface area contributed by atoms with Crippen LogP contribution in [0.5, 0.6) is 0 Å². The Morgan fingerprint density at radius 1 is 1.63 bits per heavy atom. The molecule has 3 rings (SSSR count). The molecule has 0 fully saturated rings. The minimum Gasteiger partial charge on any atom is -0.448 e. The van der Waals surface area contributed by atoms with E-state index >= 15 is 0 Å². The second-order valence-corrected chi connectivity index (χ2v) is 6.37. The maximum absolute atomic E-state index is 12.1. The summed E-state index contributed by atoms with van der Waals surface area (Å²) in [6.07, 6.45) is 4.33. The predicted octanol–water partition coefficient (Wildman–Crippen LogP) is 3.51. The van der Waals surface area contributed by atoms with E-state index in [1.165, 1.54) is 11.3 Å². The molecule has 1 unspecified atom stereocenters. The predicted molar refractivity (Wildman–Crippen MR) is 73.7 cm³/mol. The van der Waals surface area contributed by atoms with Gasteiger partial charge < -0.3 is 9.73 Å². The highest BCUT2D eigenvalue weighted by molar-refractivity contribution is 7.16. The largest absolute Gasteiger partial charge is 0.448 e. The highest BCUT2D eigenvalue weighted by Gasteiger charge is 2.25. The summed E-state index contributed by atoms with van der Waals surface area (Å²) in [6.45, 7) is 1.73. The number of rotatable bonds is 2. The van der Waals surface area contributed by atoms with Crippen molar-refractivity contribution in [3.63, 3.8) is 0 Å². The third-order valence-corrected chi connectivity index (χ3v) is 4.69. The van der Waals surface area contributed by atoms with Crippen molar-refractivity contribution in [2.75, 3.05) is 0 Å². The standard InChI is InChI=1S/C13H13ClN2O2S/c1-7-12(15-6-18-7)13(17)16-9-3-2-4-10-8(9)5-11(14)19-10/h5-6,9H,2-4H2,1H3,(H,16,17). The summed E-state index contributed by atoms with van der Waals surface area (Å²) in [5.74, 6) is 0.350. The minimum absolute atomic E-state index is 0.0242. The topological polar surface area (TPSA) is 55.1 Å². The average Bonchev–Trinajstić information content (AvgIpc) is 2.94. The third kappa shape index (κ3) is 2.40. The van der Waals surface area contributed by atoms with E-state index in [4.69, 9.17) is 16.0 Å². The molecule has 100 valence electrons. The third-order valence-electron chi connectivity index (χ3n) is 3.35. The van der Waals surface area contributed by atoms with Gasteiger partial charge in [-0.05, 0) is 37.8 Å². The Morgan fingerprint density at radius 2 is 2.47 bits per heavy atom. The number of hydrogen-bond donors (Lipinski definition) is 1. The summed E-state index contributed by atoms with van der Waals surface area (Å²) in [5.41, 5.74) is 1.50. The van der Waals surface area contributed by atoms with Crippen LogP contribution in [0.3, 0.4) is 0 Å². The van der Waals surface area contributed by atoms with Gasteiger partial charge in [-0.1, -0.05) is 11.6 Å². The summed E-state index contributed by atoms with van der Waals surface area (Å²) < 4.78 is 5.84. The first kappa shape index (κ1) is 12.7. The number of thiophene rings is 1. The van der Waals surface area contributed by atoms with Crippen molar-refractivity contribution < 1.29 is 9.21 Å². The molecule has 1 aliphatic carbocycles. The number of carbonyl (C=O) groups excluding carboxylic acids is 1. The molecule has 0 aromatic carbocycles. The zero-order valence-electron chi connectivity index (χ0n) is 10.4. The van der Waals surface area contributed by atoms with Gasteiger partial charge in [0, 0.05) is 4.88 Å². The zero-order valence-corrected chi connectivity index (χ0v) is 12.0. The molecule has 1 aliphatic rings. The number of hydrogen-bond acceptors (Lipinski definition) is 4. The zero-order chi connectivity index (χ0) is 13.4. The fraction of sp³-hybridized carbons (Fsp3) is 0.385. The quantitative estimate of drug-likeness (QED) is 0.922. The maximum atomic E-state index is 12.1. The molecule has 4 nitrogen and oxygen atoms in total. The molecule has 2 heterocycles. The highest BCUT2D eigenvalue weighted by Crippen LogP contribution is 2.37. The van der Waals surface area contributed by atoms with Crippen molar-refractivity contribution in [1.82, 2.24) is 10.3 Å². The van der Waals surface area contributed by atoms with Crippen LogP contribution < -0.4 is 5.32 Å². The van der Waals surface area contributed by atoms with E-state index in [-0.39, 0.29) is 11.9 Å². The highest BCUT2D eigenvalue weighted by atomic mass is 35.5. The van der Waals surface area contributed by atoms with Gasteiger partial charge in [0.1, 0.15) is 5.76 Å². The van der Waals surface area contributed by atoms with Crippen molar-refractivity contribution in [2.45, 2.75) is 32.2 Å². The van der Waals surface area contributed by atoms with Gasteiger partial charge in [0.2, 0.25) is 0 Å². The number of nitrogens with one attached hydrogen (secondary N) is 1. The van der Waals surface area contributed by atoms with Crippen molar-refractivity contribution in [1.29, 1.82) is 0 Å². The van der Waals surface area contributed by atoms with Crippen LogP contribution in [0.4, 0.5) is 0 Å². The first-order valence-corrected chi connectivity index (χ1v) is 7.33. The molecule has 1 N–H and O–H groups in total. The van der Waals surface area contributed by atoms with E-state index in [2.05, 4.69) is 10.3 Å². The van der Waals surface area contributed by atoms with E-state index in [9.17, 15) is 4.79 Å². The van der Waals surface area contributed by atoms with Crippen LogP contribution in [0.25, 0.3) is 0 Å². The average molecular weight is 297 g/mol. The Balaban J connectivity index is 1.81. The SMILES string of the molecule is Cc1ocnc1C(=O)NC1CCCc2sc(Cl)cc21. The Labute approximate surface area is 119 Å². The van der Waals surface area contributed by atoms with Crippen LogP contribution in [0.2, 0.25) is 4.34 Å². The number of oxazole rings is 1. The fourth-order valence-corrected chi connectivity index (χ4v) is 3.80. The second kappa shape index (κ2) is 4.98. The van der Waals surface area contributed by atoms with Gasteiger partial charge in [0.25, 0.3) is 5.91 Å². The van der Waals surface area contributed by atoms with Crippen molar-refractivity contribution in [2.24, 2.45) is 0 Å². The molecule has 2 aromatic heterocycles. The lowest BCUT2D eigenvalue weighted by molar-refractivity contribution is 0.0927. The van der Waals surface area contributed by atoms with E-state index in [1.807, 2.05) is 6.07 Å². The number of halogens is 1. The van der Waals surface area contributed by atoms with Crippen LogP contribution in [0.1, 0.15) is 45.6 Å². The van der Waals surface area contributed by atoms with Crippen molar-refractivity contribution in [3.05, 3.63) is 38.7 Å². The Hall–Kier alpha value is -1.33. The first-order chi connectivity index (χ1) is 9.15. The molecular weight excluding hydrogens is 284 g/mol. The van der Waals surface area contributed by atoms with Crippen LogP contribution in [-0.4, -0.2) is 10.9 Å². The van der Waals surface area contributed by atoms with Crippen LogP contribution in [0, 0.1) is 6.92 Å². The monoisotopic (exact) mass is 296 g/mol. The number of nitrogens with zero attached hydrogens (tertiary/aromatic N) is 1.